The molecular weight excluding hydrogens is 1640 g/mol. The molecule has 15 aromatic rings. The Bertz CT molecular complexity index is 6330. The standard InChI is InChI=1S/C24H24O5.2C22H20O4.C22H20O3.C21H18O3/c1-26-18-8-4-15(5-9-18)24-19-10-7-17(25)13-22(19)29-14-20(24)16-6-11-21(27-2)23(12-16)28-3;1-25-18-9-4-15(5-10-18)22-19-11-8-17(24)12-21(19)26-13-20(22)14-2-6-16(23)7-3-14;1-25-18-4-2-3-15(11-18)22-19-10-9-17(24)12-21(19)26-13-20(22)14-5-7-16(23)8-6-14;1-14-2-4-16(5-3-14)22-19-11-10-18(24)12-21(19)25-13-20(22)15-6-8-17(23)9-7-15;22-16-8-6-14(7-9-16)19-13-24-20-12-17(23)10-11-18(20)21(19)15-4-2-1-3-5-15/h4-13,20,24-25H,14H2,1-3H3;2*2-12,20,22-24H,13H2,1H3;2-12,20,22-24H,13H2,1H3;1-12,19,21-23H,13H2. The van der Waals surface area contributed by atoms with Crippen molar-refractivity contribution in [1.29, 1.82) is 0 Å². The molecule has 0 bridgehead atoms. The van der Waals surface area contributed by atoms with Gasteiger partial charge in [-0.05, 0) is 190 Å². The van der Waals surface area contributed by atoms with Crippen LogP contribution < -0.4 is 47.4 Å². The first-order valence-electron chi connectivity index (χ1n) is 43.0. The van der Waals surface area contributed by atoms with Crippen molar-refractivity contribution in [1.82, 2.24) is 0 Å². The van der Waals surface area contributed by atoms with Crippen molar-refractivity contribution in [2.45, 2.75) is 66.1 Å². The third-order valence-electron chi connectivity index (χ3n) is 24.9. The van der Waals surface area contributed by atoms with Gasteiger partial charge in [-0.15, -0.1) is 0 Å². The fourth-order valence-corrected chi connectivity index (χ4v) is 18.4. The zero-order valence-corrected chi connectivity index (χ0v) is 72.7. The zero-order chi connectivity index (χ0) is 90.5. The molecule has 0 spiro atoms. The van der Waals surface area contributed by atoms with Crippen molar-refractivity contribution in [2.75, 3.05) is 68.6 Å². The summed E-state index contributed by atoms with van der Waals surface area (Å²) in [6.45, 7) is 4.61. The smallest absolute Gasteiger partial charge is 0.160 e. The summed E-state index contributed by atoms with van der Waals surface area (Å²) in [5, 5.41) is 87.4. The summed E-state index contributed by atoms with van der Waals surface area (Å²) in [4.78, 5) is 0. The number of aromatic hydroxyl groups is 9. The maximum atomic E-state index is 9.90. The molecule has 0 saturated heterocycles. The highest BCUT2D eigenvalue weighted by molar-refractivity contribution is 5.59. The number of phenolic OH excluding ortho intramolecular Hbond substituents is 9. The summed E-state index contributed by atoms with van der Waals surface area (Å²) in [7, 11) is 8.24. The lowest BCUT2D eigenvalue weighted by molar-refractivity contribution is 0.247. The normalized spacial score (nSPS) is 18.7. The highest BCUT2D eigenvalue weighted by atomic mass is 16.5. The van der Waals surface area contributed by atoms with Crippen LogP contribution in [0.25, 0.3) is 0 Å². The predicted octanol–water partition coefficient (Wildman–Crippen LogP) is 22.7. The first kappa shape index (κ1) is 88.0. The lowest BCUT2D eigenvalue weighted by Gasteiger charge is -2.34. The molecule has 0 amide bonds. The van der Waals surface area contributed by atoms with Gasteiger partial charge in [-0.1, -0.05) is 181 Å². The topological polar surface area (TPSA) is 274 Å². The van der Waals surface area contributed by atoms with Crippen LogP contribution in [0.15, 0.2) is 334 Å². The van der Waals surface area contributed by atoms with Crippen LogP contribution in [-0.4, -0.2) is 115 Å². The van der Waals surface area contributed by atoms with Crippen molar-refractivity contribution in [3.63, 3.8) is 0 Å². The van der Waals surface area contributed by atoms with Crippen LogP contribution in [0.5, 0.6) is 109 Å². The van der Waals surface area contributed by atoms with Crippen molar-refractivity contribution in [2.24, 2.45) is 0 Å². The molecule has 20 rings (SSSR count). The number of benzene rings is 15. The fraction of sp³-hybridized carbons (Fsp3) is 0.189. The van der Waals surface area contributed by atoms with E-state index < -0.39 is 0 Å². The quantitative estimate of drug-likeness (QED) is 0.0461. The number of hydrogen-bond acceptors (Lipinski definition) is 19. The van der Waals surface area contributed by atoms with Crippen LogP contribution in [0, 0.1) is 6.92 Å². The predicted molar refractivity (Wildman–Crippen MR) is 500 cm³/mol. The van der Waals surface area contributed by atoms with Crippen LogP contribution in [0.2, 0.25) is 0 Å². The summed E-state index contributed by atoms with van der Waals surface area (Å²) in [5.41, 5.74) is 17.9. The van der Waals surface area contributed by atoms with E-state index in [1.165, 1.54) is 16.7 Å². The van der Waals surface area contributed by atoms with Crippen LogP contribution in [0.4, 0.5) is 0 Å². The number of rotatable bonds is 15. The Morgan fingerprint density at radius 1 is 0.200 bits per heavy atom. The van der Waals surface area contributed by atoms with E-state index in [2.05, 4.69) is 79.7 Å². The van der Waals surface area contributed by atoms with Gasteiger partial charge in [0.2, 0.25) is 0 Å². The molecule has 10 atom stereocenters. The van der Waals surface area contributed by atoms with E-state index in [1.807, 2.05) is 152 Å². The second-order valence-corrected chi connectivity index (χ2v) is 32.7. The second-order valence-electron chi connectivity index (χ2n) is 32.7. The van der Waals surface area contributed by atoms with Gasteiger partial charge in [-0.25, -0.2) is 0 Å². The lowest BCUT2D eigenvalue weighted by Crippen LogP contribution is -2.25. The third kappa shape index (κ3) is 19.8. The minimum absolute atomic E-state index is 0.0546. The Hall–Kier alpha value is -15.5. The lowest BCUT2D eigenvalue weighted by atomic mass is 9.76. The maximum Gasteiger partial charge on any atom is 0.160 e. The first-order valence-corrected chi connectivity index (χ1v) is 43.0. The van der Waals surface area contributed by atoms with Gasteiger partial charge in [0.25, 0.3) is 0 Å². The number of ether oxygens (including phenoxy) is 10. The van der Waals surface area contributed by atoms with Gasteiger partial charge in [-0.2, -0.15) is 0 Å². The largest absolute Gasteiger partial charge is 0.508 e. The van der Waals surface area contributed by atoms with Crippen molar-refractivity contribution < 1.29 is 93.3 Å². The zero-order valence-electron chi connectivity index (χ0n) is 72.7. The molecule has 0 radical (unpaired) electrons. The van der Waals surface area contributed by atoms with E-state index in [-0.39, 0.29) is 111 Å². The Labute approximate surface area is 755 Å². The molecule has 5 aliphatic heterocycles. The highest BCUT2D eigenvalue weighted by Gasteiger charge is 2.40. The monoisotopic (exact) mass is 1740 g/mol. The molecule has 0 fully saturated rings. The molecule has 5 aliphatic rings. The van der Waals surface area contributed by atoms with Gasteiger partial charge in [0.1, 0.15) is 97.7 Å². The van der Waals surface area contributed by atoms with Crippen LogP contribution >= 0.6 is 0 Å². The summed E-state index contributed by atoms with van der Waals surface area (Å²) < 4.78 is 56.7. The summed E-state index contributed by atoms with van der Waals surface area (Å²) in [5.74, 6) is 10.4. The summed E-state index contributed by atoms with van der Waals surface area (Å²) in [6.07, 6.45) is 0. The molecule has 130 heavy (non-hydrogen) atoms. The SMILES string of the molecule is COc1ccc(C2c3ccc(O)cc3OCC2c2ccc(O)cc2)cc1.COc1ccc(C2c3ccc(O)cc3OCC2c2ccc(OC)c(OC)c2)cc1.COc1cccc(C2c3ccc(O)cc3OCC2c2ccc(O)cc2)c1.Cc1ccc(C2c3ccc(O)cc3OCC2c2ccc(O)cc2)cc1.Oc1ccc(C2COc3cc(O)ccc3C2c2ccccc2)cc1. The van der Waals surface area contributed by atoms with Gasteiger partial charge >= 0.3 is 0 Å². The Morgan fingerprint density at radius 2 is 0.454 bits per heavy atom. The van der Waals surface area contributed by atoms with E-state index in [0.717, 1.165) is 101 Å². The van der Waals surface area contributed by atoms with E-state index in [4.69, 9.17) is 47.4 Å². The minimum atomic E-state index is 0.0546. The van der Waals surface area contributed by atoms with Crippen molar-refractivity contribution in [3.8, 4) is 109 Å². The molecule has 9 N–H and O–H groups in total. The first-order chi connectivity index (χ1) is 63.3. The van der Waals surface area contributed by atoms with E-state index >= 15 is 0 Å². The van der Waals surface area contributed by atoms with E-state index in [1.54, 1.807) is 145 Å². The minimum Gasteiger partial charge on any atom is -0.508 e. The molecule has 15 aromatic carbocycles. The number of hydrogen-bond donors (Lipinski definition) is 9. The van der Waals surface area contributed by atoms with E-state index in [9.17, 15) is 46.0 Å². The maximum absolute atomic E-state index is 9.90. The molecule has 660 valence electrons. The van der Waals surface area contributed by atoms with E-state index in [0.29, 0.717) is 61.8 Å². The Morgan fingerprint density at radius 3 is 0.754 bits per heavy atom. The Kier molecular flexibility index (Phi) is 27.1. The van der Waals surface area contributed by atoms with Crippen molar-refractivity contribution >= 4 is 0 Å². The molecule has 19 nitrogen and oxygen atoms in total. The molecule has 0 saturated carbocycles. The summed E-state index contributed by atoms with van der Waals surface area (Å²) in [6, 6.07) is 105. The molecule has 19 heteroatoms. The van der Waals surface area contributed by atoms with Crippen LogP contribution in [0.3, 0.4) is 0 Å². The molecule has 0 aromatic heterocycles. The van der Waals surface area contributed by atoms with Crippen LogP contribution in [-0.2, 0) is 0 Å². The average molecular weight is 1740 g/mol. The van der Waals surface area contributed by atoms with Gasteiger partial charge in [0.15, 0.2) is 11.5 Å². The van der Waals surface area contributed by atoms with Crippen molar-refractivity contribution in [3.05, 3.63) is 423 Å². The molecule has 10 unspecified atom stereocenters. The second kappa shape index (κ2) is 40.0. The van der Waals surface area contributed by atoms with Gasteiger partial charge in [-0.3, -0.25) is 0 Å². The third-order valence-corrected chi connectivity index (χ3v) is 24.9. The summed E-state index contributed by atoms with van der Waals surface area (Å²) >= 11 is 0. The van der Waals surface area contributed by atoms with Gasteiger partial charge < -0.3 is 93.3 Å². The number of phenols is 9. The van der Waals surface area contributed by atoms with Gasteiger partial charge in [0.05, 0.1) is 68.6 Å². The Balaban J connectivity index is 0.000000119. The molecular formula is C111H102O19. The molecule has 5 heterocycles. The van der Waals surface area contributed by atoms with Gasteiger partial charge in [0, 0.05) is 117 Å². The number of fused-ring (bicyclic) bond motifs is 5. The number of methoxy groups -OCH3 is 5. The molecule has 0 aliphatic carbocycles. The number of aryl methyl sites for hydroxylation is 1. The van der Waals surface area contributed by atoms with Crippen LogP contribution in [0.1, 0.15) is 148 Å². The average Bonchev–Trinajstić information content (AvgIpc) is 0.780. The highest BCUT2D eigenvalue weighted by Crippen LogP contribution is 2.54. The fourth-order valence-electron chi connectivity index (χ4n) is 18.4.